The van der Waals surface area contributed by atoms with Crippen LogP contribution in [0.25, 0.3) is 22.0 Å². The molecule has 164 valence electrons. The molecule has 0 spiro atoms. The quantitative estimate of drug-likeness (QED) is 0.450. The van der Waals surface area contributed by atoms with Gasteiger partial charge in [0.2, 0.25) is 5.91 Å². The van der Waals surface area contributed by atoms with Gasteiger partial charge in [0, 0.05) is 40.5 Å². The van der Waals surface area contributed by atoms with Gasteiger partial charge in [0.15, 0.2) is 0 Å². The zero-order chi connectivity index (χ0) is 22.9. The van der Waals surface area contributed by atoms with Gasteiger partial charge in [0.1, 0.15) is 6.04 Å². The number of aromatic nitrogens is 2. The van der Waals surface area contributed by atoms with Crippen LogP contribution in [0.4, 0.5) is 0 Å². The number of nitrogens with zero attached hydrogens (tertiary/aromatic N) is 3. The monoisotopic (exact) mass is 456 g/mol. The maximum Gasteiger partial charge on any atom is 0.258 e. The number of nitrogens with one attached hydrogen (secondary N) is 1. The fraction of sp³-hybridized carbons (Fsp3) is 0.154. The maximum absolute atomic E-state index is 13.4. The molecule has 0 aliphatic carbocycles. The summed E-state index contributed by atoms with van der Waals surface area (Å²) in [6.07, 6.45) is 2.38. The van der Waals surface area contributed by atoms with Gasteiger partial charge in [-0.15, -0.1) is 0 Å². The summed E-state index contributed by atoms with van der Waals surface area (Å²) >= 11 is 6.33. The molecule has 1 aliphatic heterocycles. The van der Waals surface area contributed by atoms with Crippen molar-refractivity contribution in [1.82, 2.24) is 15.0 Å². The smallest absolute Gasteiger partial charge is 0.258 e. The largest absolute Gasteiger partial charge is 0.321 e. The van der Waals surface area contributed by atoms with E-state index in [1.165, 1.54) is 5.01 Å². The van der Waals surface area contributed by atoms with Crippen LogP contribution in [0.3, 0.4) is 0 Å². The van der Waals surface area contributed by atoms with Gasteiger partial charge in [-0.25, -0.2) is 5.01 Å². The molecule has 33 heavy (non-hydrogen) atoms. The average molecular weight is 457 g/mol. The Hall–Kier alpha value is -3.77. The van der Waals surface area contributed by atoms with Crippen LogP contribution in [0, 0.1) is 0 Å². The van der Waals surface area contributed by atoms with Crippen molar-refractivity contribution in [1.29, 1.82) is 0 Å². The number of carbonyl (C=O) groups is 1. The van der Waals surface area contributed by atoms with Gasteiger partial charge in [0.25, 0.3) is 5.56 Å². The van der Waals surface area contributed by atoms with Crippen molar-refractivity contribution in [2.75, 3.05) is 0 Å². The van der Waals surface area contributed by atoms with Crippen molar-refractivity contribution < 1.29 is 4.79 Å². The third kappa shape index (κ3) is 3.83. The first-order chi connectivity index (χ1) is 16.1. The van der Waals surface area contributed by atoms with Gasteiger partial charge in [-0.1, -0.05) is 54.9 Å². The molecule has 0 bridgehead atoms. The topological polar surface area (TPSA) is 78.4 Å². The van der Waals surface area contributed by atoms with E-state index < -0.39 is 0 Å². The van der Waals surface area contributed by atoms with Crippen LogP contribution < -0.4 is 5.56 Å². The molecule has 1 amide bonds. The number of carbonyl (C=O) groups excluding carboxylic acids is 1. The van der Waals surface area contributed by atoms with E-state index in [0.717, 1.165) is 22.2 Å². The molecular weight excluding hydrogens is 436 g/mol. The Kier molecular flexibility index (Phi) is 5.52. The summed E-state index contributed by atoms with van der Waals surface area (Å²) in [7, 11) is 0. The third-order valence-corrected chi connectivity index (χ3v) is 6.06. The molecule has 1 aliphatic rings. The summed E-state index contributed by atoms with van der Waals surface area (Å²) in [5.74, 6) is -0.123. The number of fused-ring (bicyclic) bond motifs is 1. The minimum atomic E-state index is -0.369. The van der Waals surface area contributed by atoms with Gasteiger partial charge in [-0.3, -0.25) is 14.6 Å². The summed E-state index contributed by atoms with van der Waals surface area (Å²) < 4.78 is 0. The Morgan fingerprint density at radius 1 is 1.09 bits per heavy atom. The van der Waals surface area contributed by atoms with Crippen molar-refractivity contribution in [3.8, 4) is 11.1 Å². The maximum atomic E-state index is 13.4. The highest BCUT2D eigenvalue weighted by Gasteiger charge is 2.35. The van der Waals surface area contributed by atoms with E-state index in [0.29, 0.717) is 34.7 Å². The van der Waals surface area contributed by atoms with Gasteiger partial charge in [0.05, 0.1) is 17.0 Å². The predicted molar refractivity (Wildman–Crippen MR) is 130 cm³/mol. The zero-order valence-corrected chi connectivity index (χ0v) is 18.7. The lowest BCUT2D eigenvalue weighted by Gasteiger charge is -2.20. The number of benzene rings is 2. The lowest BCUT2D eigenvalue weighted by atomic mass is 9.91. The molecule has 7 heteroatoms. The third-order valence-electron chi connectivity index (χ3n) is 5.82. The van der Waals surface area contributed by atoms with Gasteiger partial charge >= 0.3 is 0 Å². The summed E-state index contributed by atoms with van der Waals surface area (Å²) in [6, 6.07) is 20.3. The first-order valence-corrected chi connectivity index (χ1v) is 11.2. The number of halogens is 1. The van der Waals surface area contributed by atoms with Crippen molar-refractivity contribution in [2.45, 2.75) is 25.8 Å². The lowest BCUT2D eigenvalue weighted by molar-refractivity contribution is -0.132. The number of H-pyrrole nitrogens is 1. The molecule has 6 nitrogen and oxygen atoms in total. The summed E-state index contributed by atoms with van der Waals surface area (Å²) in [5.41, 5.74) is 3.79. The number of hydrogen-bond acceptors (Lipinski definition) is 4. The number of aromatic amines is 1. The van der Waals surface area contributed by atoms with E-state index in [9.17, 15) is 9.59 Å². The molecule has 2 aromatic heterocycles. The van der Waals surface area contributed by atoms with Crippen molar-refractivity contribution in [2.24, 2.45) is 5.10 Å². The van der Waals surface area contributed by atoms with E-state index >= 15 is 0 Å². The number of rotatable bonds is 4. The average Bonchev–Trinajstić information content (AvgIpc) is 3.29. The fourth-order valence-corrected chi connectivity index (χ4v) is 4.47. The molecule has 5 rings (SSSR count). The van der Waals surface area contributed by atoms with E-state index in [-0.39, 0.29) is 17.5 Å². The molecule has 3 heterocycles. The van der Waals surface area contributed by atoms with E-state index in [1.54, 1.807) is 25.3 Å². The number of hydrogen-bond donors (Lipinski definition) is 1. The SMILES string of the molecule is CCC(=O)N1N=C(c2c(-c3ccccc3)c3cc(Cl)ccc3[nH]c2=O)CC1c1ccccn1. The number of hydrazone groups is 1. The molecule has 1 unspecified atom stereocenters. The Bertz CT molecular complexity index is 1430. The van der Waals surface area contributed by atoms with Gasteiger partial charge in [-0.05, 0) is 35.9 Å². The Balaban J connectivity index is 1.75. The highest BCUT2D eigenvalue weighted by molar-refractivity contribution is 6.31. The molecule has 2 aromatic carbocycles. The van der Waals surface area contributed by atoms with Crippen LogP contribution in [-0.4, -0.2) is 26.6 Å². The first-order valence-electron chi connectivity index (χ1n) is 10.8. The first kappa shape index (κ1) is 21.1. The second kappa shape index (κ2) is 8.64. The summed E-state index contributed by atoms with van der Waals surface area (Å²) in [6.45, 7) is 1.80. The molecule has 0 saturated carbocycles. The highest BCUT2D eigenvalue weighted by Crippen LogP contribution is 2.37. The molecule has 0 fully saturated rings. The van der Waals surface area contributed by atoms with Gasteiger partial charge in [-0.2, -0.15) is 5.10 Å². The summed E-state index contributed by atoms with van der Waals surface area (Å²) in [4.78, 5) is 33.6. The van der Waals surface area contributed by atoms with Crippen LogP contribution in [0.5, 0.6) is 0 Å². The highest BCUT2D eigenvalue weighted by atomic mass is 35.5. The standard InChI is InChI=1S/C26H21ClN4O2/c1-2-23(32)31-22(20-10-6-7-13-28-20)15-21(30-31)25-24(16-8-4-3-5-9-16)18-14-17(27)11-12-19(18)29-26(25)33/h3-14,22H,2,15H2,1H3,(H,29,33). The molecular formula is C26H21ClN4O2. The molecule has 0 saturated heterocycles. The van der Waals surface area contributed by atoms with Crippen LogP contribution in [0.1, 0.15) is 37.1 Å². The molecule has 1 atom stereocenters. The van der Waals surface area contributed by atoms with E-state index in [2.05, 4.69) is 15.1 Å². The zero-order valence-electron chi connectivity index (χ0n) is 18.0. The summed E-state index contributed by atoms with van der Waals surface area (Å²) in [5, 5.41) is 7.53. The minimum absolute atomic E-state index is 0.123. The normalized spacial score (nSPS) is 15.6. The fourth-order valence-electron chi connectivity index (χ4n) is 4.30. The van der Waals surface area contributed by atoms with Crippen molar-refractivity contribution in [3.05, 3.63) is 99.6 Å². The van der Waals surface area contributed by atoms with Crippen LogP contribution >= 0.6 is 11.6 Å². The Morgan fingerprint density at radius 3 is 2.61 bits per heavy atom. The predicted octanol–water partition coefficient (Wildman–Crippen LogP) is 5.33. The number of amides is 1. The molecule has 1 N–H and O–H groups in total. The Morgan fingerprint density at radius 2 is 1.88 bits per heavy atom. The van der Waals surface area contributed by atoms with Crippen molar-refractivity contribution >= 4 is 34.1 Å². The van der Waals surface area contributed by atoms with E-state index in [1.807, 2.05) is 54.6 Å². The van der Waals surface area contributed by atoms with Crippen LogP contribution in [0.15, 0.2) is 82.8 Å². The number of pyridine rings is 2. The van der Waals surface area contributed by atoms with Crippen molar-refractivity contribution in [3.63, 3.8) is 0 Å². The molecule has 4 aromatic rings. The molecule has 0 radical (unpaired) electrons. The van der Waals surface area contributed by atoms with Crippen LogP contribution in [0.2, 0.25) is 5.02 Å². The lowest BCUT2D eigenvalue weighted by Crippen LogP contribution is -2.26. The second-order valence-electron chi connectivity index (χ2n) is 7.87. The Labute approximate surface area is 195 Å². The van der Waals surface area contributed by atoms with Gasteiger partial charge < -0.3 is 4.98 Å². The van der Waals surface area contributed by atoms with E-state index in [4.69, 9.17) is 11.6 Å². The minimum Gasteiger partial charge on any atom is -0.321 e. The second-order valence-corrected chi connectivity index (χ2v) is 8.31. The van der Waals surface area contributed by atoms with Crippen LogP contribution in [-0.2, 0) is 4.79 Å².